The van der Waals surface area contributed by atoms with Crippen molar-refractivity contribution in [1.29, 1.82) is 0 Å². The van der Waals surface area contributed by atoms with Gasteiger partial charge in [0.05, 0.1) is 12.8 Å². The van der Waals surface area contributed by atoms with Crippen LogP contribution in [0, 0.1) is 5.82 Å². The van der Waals surface area contributed by atoms with Gasteiger partial charge in [-0.05, 0) is 29.8 Å². The molecule has 0 atom stereocenters. The van der Waals surface area contributed by atoms with E-state index in [1.54, 1.807) is 25.3 Å². The van der Waals surface area contributed by atoms with Gasteiger partial charge >= 0.3 is 0 Å². The summed E-state index contributed by atoms with van der Waals surface area (Å²) in [4.78, 5) is 0. The third kappa shape index (κ3) is 3.07. The van der Waals surface area contributed by atoms with Crippen molar-refractivity contribution >= 4 is 0 Å². The summed E-state index contributed by atoms with van der Waals surface area (Å²) in [7, 11) is 1.62. The van der Waals surface area contributed by atoms with Crippen molar-refractivity contribution in [3.05, 3.63) is 71.3 Å². The van der Waals surface area contributed by atoms with E-state index < -0.39 is 0 Å². The average molecular weight is 312 g/mol. The summed E-state index contributed by atoms with van der Waals surface area (Å²) in [6, 6.07) is 14.2. The average Bonchev–Trinajstić information content (AvgIpc) is 2.98. The second-order valence-corrected chi connectivity index (χ2v) is 5.08. The van der Waals surface area contributed by atoms with E-state index in [0.717, 1.165) is 17.0 Å². The summed E-state index contributed by atoms with van der Waals surface area (Å²) in [6.07, 6.45) is 0.553. The van der Waals surface area contributed by atoms with Gasteiger partial charge in [-0.1, -0.05) is 29.5 Å². The molecule has 0 saturated carbocycles. The molecule has 3 rings (SSSR count). The Kier molecular flexibility index (Phi) is 4.34. The molecule has 2 N–H and O–H groups in total. The zero-order chi connectivity index (χ0) is 16.2. The highest BCUT2D eigenvalue weighted by Crippen LogP contribution is 2.20. The molecule has 0 saturated heterocycles. The Morgan fingerprint density at radius 2 is 1.87 bits per heavy atom. The number of hydrogen-bond donors (Lipinski definition) is 1. The molecular formula is C17H17FN4O. The number of rotatable bonds is 5. The van der Waals surface area contributed by atoms with Gasteiger partial charge in [-0.3, -0.25) is 0 Å². The quantitative estimate of drug-likeness (QED) is 0.786. The lowest BCUT2D eigenvalue weighted by Gasteiger charge is -2.09. The number of nitrogens with two attached hydrogens (primary N) is 1. The Bertz CT molecular complexity index is 799. The second kappa shape index (κ2) is 6.58. The van der Waals surface area contributed by atoms with E-state index in [0.29, 0.717) is 17.8 Å². The highest BCUT2D eigenvalue weighted by molar-refractivity contribution is 5.37. The van der Waals surface area contributed by atoms with Gasteiger partial charge < -0.3 is 10.5 Å². The number of hydrogen-bond acceptors (Lipinski definition) is 4. The van der Waals surface area contributed by atoms with E-state index in [1.807, 2.05) is 24.3 Å². The second-order valence-electron chi connectivity index (χ2n) is 5.08. The standard InChI is InChI=1S/C17H17FN4O/c1-23-13-8-6-12(7-9-13)10-17-15(11-19)20-21-22(17)16-5-3-2-4-14(16)18/h2-9H,10-11,19H2,1H3. The molecule has 23 heavy (non-hydrogen) atoms. The molecule has 1 heterocycles. The van der Waals surface area contributed by atoms with Crippen molar-refractivity contribution < 1.29 is 9.13 Å². The number of para-hydroxylation sites is 1. The third-order valence-electron chi connectivity index (χ3n) is 3.65. The normalized spacial score (nSPS) is 10.7. The zero-order valence-electron chi connectivity index (χ0n) is 12.7. The van der Waals surface area contributed by atoms with Crippen LogP contribution in [0.15, 0.2) is 48.5 Å². The molecule has 0 aliphatic rings. The summed E-state index contributed by atoms with van der Waals surface area (Å²) in [5, 5.41) is 8.15. The smallest absolute Gasteiger partial charge is 0.148 e. The van der Waals surface area contributed by atoms with Gasteiger partial charge in [0.15, 0.2) is 0 Å². The summed E-state index contributed by atoms with van der Waals surface area (Å²) in [6.45, 7) is 0.250. The first-order valence-electron chi connectivity index (χ1n) is 7.24. The van der Waals surface area contributed by atoms with E-state index in [9.17, 15) is 4.39 Å². The SMILES string of the molecule is COc1ccc(Cc2c(CN)nnn2-c2ccccc2F)cc1. The molecule has 0 bridgehead atoms. The van der Waals surface area contributed by atoms with E-state index in [2.05, 4.69) is 10.3 Å². The minimum absolute atomic E-state index is 0.250. The van der Waals surface area contributed by atoms with Crippen molar-refractivity contribution in [2.75, 3.05) is 7.11 Å². The van der Waals surface area contributed by atoms with Crippen molar-refractivity contribution in [3.63, 3.8) is 0 Å². The van der Waals surface area contributed by atoms with Crippen LogP contribution >= 0.6 is 0 Å². The van der Waals surface area contributed by atoms with Crippen LogP contribution in [0.4, 0.5) is 4.39 Å². The lowest BCUT2D eigenvalue weighted by molar-refractivity contribution is 0.414. The zero-order valence-corrected chi connectivity index (χ0v) is 12.7. The molecule has 0 radical (unpaired) electrons. The lowest BCUT2D eigenvalue weighted by atomic mass is 10.1. The van der Waals surface area contributed by atoms with E-state index in [1.165, 1.54) is 10.7 Å². The minimum Gasteiger partial charge on any atom is -0.497 e. The fourth-order valence-electron chi connectivity index (χ4n) is 2.42. The van der Waals surface area contributed by atoms with Gasteiger partial charge in [0, 0.05) is 13.0 Å². The fraction of sp³-hybridized carbons (Fsp3) is 0.176. The van der Waals surface area contributed by atoms with Crippen LogP contribution in [0.1, 0.15) is 17.0 Å². The monoisotopic (exact) mass is 312 g/mol. The summed E-state index contributed by atoms with van der Waals surface area (Å²) in [5.41, 5.74) is 8.59. The molecule has 118 valence electrons. The Hall–Kier alpha value is -2.73. The summed E-state index contributed by atoms with van der Waals surface area (Å²) in [5.74, 6) is 0.436. The molecule has 0 spiro atoms. The molecule has 6 heteroatoms. The molecular weight excluding hydrogens is 295 g/mol. The number of aromatic nitrogens is 3. The van der Waals surface area contributed by atoms with Gasteiger partial charge in [0.2, 0.25) is 0 Å². The molecule has 0 unspecified atom stereocenters. The topological polar surface area (TPSA) is 66.0 Å². The maximum atomic E-state index is 14.1. The lowest BCUT2D eigenvalue weighted by Crippen LogP contribution is -2.08. The predicted octanol–water partition coefficient (Wildman–Crippen LogP) is 2.46. The minimum atomic E-state index is -0.350. The fourth-order valence-corrected chi connectivity index (χ4v) is 2.42. The molecule has 3 aromatic rings. The molecule has 0 aliphatic heterocycles. The molecule has 1 aromatic heterocycles. The van der Waals surface area contributed by atoms with Crippen LogP contribution < -0.4 is 10.5 Å². The van der Waals surface area contributed by atoms with Crippen LogP contribution in [0.2, 0.25) is 0 Å². The van der Waals surface area contributed by atoms with Crippen molar-refractivity contribution in [2.24, 2.45) is 5.73 Å². The van der Waals surface area contributed by atoms with Crippen LogP contribution in [-0.4, -0.2) is 22.1 Å². The van der Waals surface area contributed by atoms with Crippen LogP contribution in [0.5, 0.6) is 5.75 Å². The third-order valence-corrected chi connectivity index (χ3v) is 3.65. The molecule has 5 nitrogen and oxygen atoms in total. The first kappa shape index (κ1) is 15.2. The van der Waals surface area contributed by atoms with Crippen LogP contribution in [0.25, 0.3) is 5.69 Å². The van der Waals surface area contributed by atoms with E-state index in [-0.39, 0.29) is 12.4 Å². The number of halogens is 1. The highest BCUT2D eigenvalue weighted by atomic mass is 19.1. The Labute approximate surface area is 133 Å². The van der Waals surface area contributed by atoms with Gasteiger partial charge in [-0.15, -0.1) is 5.10 Å². The predicted molar refractivity (Wildman–Crippen MR) is 85.0 cm³/mol. The molecule has 0 amide bonds. The van der Waals surface area contributed by atoms with Crippen molar-refractivity contribution in [3.8, 4) is 11.4 Å². The van der Waals surface area contributed by atoms with E-state index in [4.69, 9.17) is 10.5 Å². The van der Waals surface area contributed by atoms with Crippen molar-refractivity contribution in [2.45, 2.75) is 13.0 Å². The Morgan fingerprint density at radius 3 is 2.52 bits per heavy atom. The number of nitrogens with zero attached hydrogens (tertiary/aromatic N) is 3. The molecule has 2 aromatic carbocycles. The van der Waals surface area contributed by atoms with Crippen molar-refractivity contribution in [1.82, 2.24) is 15.0 Å². The maximum Gasteiger partial charge on any atom is 0.148 e. The summed E-state index contributed by atoms with van der Waals surface area (Å²) < 4.78 is 20.7. The Balaban J connectivity index is 2.00. The largest absolute Gasteiger partial charge is 0.497 e. The van der Waals surface area contributed by atoms with Gasteiger partial charge in [0.1, 0.15) is 22.9 Å². The summed E-state index contributed by atoms with van der Waals surface area (Å²) >= 11 is 0. The Morgan fingerprint density at radius 1 is 1.13 bits per heavy atom. The van der Waals surface area contributed by atoms with Gasteiger partial charge in [0.25, 0.3) is 0 Å². The number of benzene rings is 2. The maximum absolute atomic E-state index is 14.1. The van der Waals surface area contributed by atoms with Gasteiger partial charge in [-0.25, -0.2) is 9.07 Å². The van der Waals surface area contributed by atoms with Gasteiger partial charge in [-0.2, -0.15) is 0 Å². The number of ether oxygens (including phenoxy) is 1. The van der Waals surface area contributed by atoms with Crippen LogP contribution in [-0.2, 0) is 13.0 Å². The van der Waals surface area contributed by atoms with Crippen LogP contribution in [0.3, 0.4) is 0 Å². The molecule has 0 fully saturated rings. The first-order valence-corrected chi connectivity index (χ1v) is 7.24. The highest BCUT2D eigenvalue weighted by Gasteiger charge is 2.16. The molecule has 0 aliphatic carbocycles. The van der Waals surface area contributed by atoms with E-state index >= 15 is 0 Å². The first-order chi connectivity index (χ1) is 11.2. The number of methoxy groups -OCH3 is 1.